The minimum Gasteiger partial charge on any atom is -0.468 e. The second kappa shape index (κ2) is 5.45. The lowest BCUT2D eigenvalue weighted by atomic mass is 10.4. The fourth-order valence-electron chi connectivity index (χ4n) is 1.07. The predicted octanol–water partition coefficient (Wildman–Crippen LogP) is 0.237. The van der Waals surface area contributed by atoms with Gasteiger partial charge < -0.3 is 9.26 Å². The van der Waals surface area contributed by atoms with Gasteiger partial charge in [-0.1, -0.05) is 12.1 Å². The fraction of sp³-hybridized carbons (Fsp3) is 0.667. The van der Waals surface area contributed by atoms with E-state index in [1.165, 1.54) is 7.11 Å². The van der Waals surface area contributed by atoms with Gasteiger partial charge in [-0.25, -0.2) is 0 Å². The summed E-state index contributed by atoms with van der Waals surface area (Å²) in [7, 11) is 3.14. The molecule has 6 heteroatoms. The van der Waals surface area contributed by atoms with Gasteiger partial charge in [-0.2, -0.15) is 4.98 Å². The van der Waals surface area contributed by atoms with Crippen molar-refractivity contribution in [3.63, 3.8) is 0 Å². The molecule has 0 saturated carbocycles. The molecule has 0 spiro atoms. The van der Waals surface area contributed by atoms with Crippen molar-refractivity contribution in [2.24, 2.45) is 0 Å². The Labute approximate surface area is 88.2 Å². The Morgan fingerprint density at radius 1 is 1.60 bits per heavy atom. The van der Waals surface area contributed by atoms with Crippen LogP contribution in [0.1, 0.15) is 18.6 Å². The third-order valence-corrected chi connectivity index (χ3v) is 1.86. The Kier molecular flexibility index (Phi) is 4.23. The lowest BCUT2D eigenvalue weighted by molar-refractivity contribution is -0.141. The van der Waals surface area contributed by atoms with Crippen LogP contribution in [0.4, 0.5) is 0 Å². The number of aryl methyl sites for hydroxylation is 1. The number of aromatic nitrogens is 2. The third-order valence-electron chi connectivity index (χ3n) is 1.86. The van der Waals surface area contributed by atoms with E-state index in [4.69, 9.17) is 4.52 Å². The van der Waals surface area contributed by atoms with Gasteiger partial charge in [0.1, 0.15) is 0 Å². The van der Waals surface area contributed by atoms with E-state index < -0.39 is 0 Å². The van der Waals surface area contributed by atoms with Crippen LogP contribution in [-0.4, -0.2) is 41.7 Å². The van der Waals surface area contributed by atoms with Crippen molar-refractivity contribution in [1.29, 1.82) is 0 Å². The molecule has 0 aliphatic rings. The van der Waals surface area contributed by atoms with E-state index in [-0.39, 0.29) is 12.5 Å². The Morgan fingerprint density at radius 2 is 2.33 bits per heavy atom. The van der Waals surface area contributed by atoms with Crippen molar-refractivity contribution in [2.75, 3.05) is 20.7 Å². The highest BCUT2D eigenvalue weighted by molar-refractivity contribution is 5.71. The summed E-state index contributed by atoms with van der Waals surface area (Å²) in [6, 6.07) is 0. The first-order chi connectivity index (χ1) is 7.15. The maximum absolute atomic E-state index is 10.9. The number of esters is 1. The Balaban J connectivity index is 2.43. The van der Waals surface area contributed by atoms with Gasteiger partial charge in [-0.15, -0.1) is 0 Å². The molecular weight excluding hydrogens is 198 g/mol. The summed E-state index contributed by atoms with van der Waals surface area (Å²) in [5.41, 5.74) is 0. The zero-order valence-corrected chi connectivity index (χ0v) is 9.19. The standard InChI is InChI=1S/C9H15N3O3/c1-4-7-10-8(15-11-7)5-12(2)6-9(13)14-3/h4-6H2,1-3H3. The predicted molar refractivity (Wildman–Crippen MR) is 52.0 cm³/mol. The topological polar surface area (TPSA) is 68.5 Å². The largest absolute Gasteiger partial charge is 0.468 e. The van der Waals surface area contributed by atoms with Crippen LogP contribution >= 0.6 is 0 Å². The van der Waals surface area contributed by atoms with E-state index in [2.05, 4.69) is 14.9 Å². The summed E-state index contributed by atoms with van der Waals surface area (Å²) >= 11 is 0. The average molecular weight is 213 g/mol. The molecule has 1 heterocycles. The van der Waals surface area contributed by atoms with E-state index in [9.17, 15) is 4.79 Å². The molecule has 6 nitrogen and oxygen atoms in total. The first kappa shape index (κ1) is 11.6. The maximum Gasteiger partial charge on any atom is 0.319 e. The number of carbonyl (C=O) groups is 1. The summed E-state index contributed by atoms with van der Waals surface area (Å²) in [4.78, 5) is 16.8. The Morgan fingerprint density at radius 3 is 2.87 bits per heavy atom. The van der Waals surface area contributed by atoms with Crippen LogP contribution in [0.5, 0.6) is 0 Å². The monoisotopic (exact) mass is 213 g/mol. The Hall–Kier alpha value is -1.43. The zero-order valence-electron chi connectivity index (χ0n) is 9.19. The number of methoxy groups -OCH3 is 1. The van der Waals surface area contributed by atoms with Crippen LogP contribution in [0.2, 0.25) is 0 Å². The second-order valence-corrected chi connectivity index (χ2v) is 3.21. The lowest BCUT2D eigenvalue weighted by Gasteiger charge is -2.11. The van der Waals surface area contributed by atoms with Crippen molar-refractivity contribution in [3.05, 3.63) is 11.7 Å². The molecule has 1 aromatic heterocycles. The number of hydrogen-bond donors (Lipinski definition) is 0. The normalized spacial score (nSPS) is 10.7. The fourth-order valence-corrected chi connectivity index (χ4v) is 1.07. The van der Waals surface area contributed by atoms with Crippen LogP contribution < -0.4 is 0 Å². The molecule has 0 saturated heterocycles. The van der Waals surface area contributed by atoms with Crippen molar-refractivity contribution in [2.45, 2.75) is 19.9 Å². The first-order valence-electron chi connectivity index (χ1n) is 4.72. The number of likely N-dealkylation sites (N-methyl/N-ethyl adjacent to an activating group) is 1. The minimum absolute atomic E-state index is 0.209. The van der Waals surface area contributed by atoms with Gasteiger partial charge in [-0.3, -0.25) is 9.69 Å². The van der Waals surface area contributed by atoms with Crippen molar-refractivity contribution < 1.29 is 14.1 Å². The van der Waals surface area contributed by atoms with Gasteiger partial charge in [0, 0.05) is 6.42 Å². The van der Waals surface area contributed by atoms with Crippen LogP contribution in [-0.2, 0) is 22.5 Å². The van der Waals surface area contributed by atoms with Crippen LogP contribution in [0.15, 0.2) is 4.52 Å². The molecule has 0 aliphatic carbocycles. The van der Waals surface area contributed by atoms with Gasteiger partial charge in [0.25, 0.3) is 0 Å². The minimum atomic E-state index is -0.285. The summed E-state index contributed by atoms with van der Waals surface area (Å²) < 4.78 is 9.52. The molecule has 1 rings (SSSR count). The third kappa shape index (κ3) is 3.67. The number of ether oxygens (including phenoxy) is 1. The molecule has 0 bridgehead atoms. The van der Waals surface area contributed by atoms with Crippen molar-refractivity contribution in [1.82, 2.24) is 15.0 Å². The molecule has 84 valence electrons. The van der Waals surface area contributed by atoms with Crippen LogP contribution in [0.25, 0.3) is 0 Å². The SMILES string of the molecule is CCc1noc(CN(C)CC(=O)OC)n1. The van der Waals surface area contributed by atoms with E-state index >= 15 is 0 Å². The number of rotatable bonds is 5. The van der Waals surface area contributed by atoms with E-state index in [1.807, 2.05) is 6.92 Å². The highest BCUT2D eigenvalue weighted by Crippen LogP contribution is 2.01. The number of nitrogens with zero attached hydrogens (tertiary/aromatic N) is 3. The molecular formula is C9H15N3O3. The van der Waals surface area contributed by atoms with Gasteiger partial charge in [0.2, 0.25) is 5.89 Å². The molecule has 15 heavy (non-hydrogen) atoms. The van der Waals surface area contributed by atoms with Crippen LogP contribution in [0.3, 0.4) is 0 Å². The van der Waals surface area contributed by atoms with E-state index in [0.717, 1.165) is 6.42 Å². The summed E-state index contributed by atoms with van der Waals surface area (Å²) in [6.07, 6.45) is 0.740. The molecule has 1 aromatic rings. The highest BCUT2D eigenvalue weighted by atomic mass is 16.5. The number of carbonyl (C=O) groups excluding carboxylic acids is 1. The molecule has 0 N–H and O–H groups in total. The van der Waals surface area contributed by atoms with E-state index in [0.29, 0.717) is 18.3 Å². The molecule has 0 aromatic carbocycles. The average Bonchev–Trinajstić information content (AvgIpc) is 2.65. The van der Waals surface area contributed by atoms with Gasteiger partial charge in [0.15, 0.2) is 5.82 Å². The molecule has 0 amide bonds. The maximum atomic E-state index is 10.9. The molecule has 0 atom stereocenters. The van der Waals surface area contributed by atoms with Crippen molar-refractivity contribution in [3.8, 4) is 0 Å². The number of hydrogen-bond acceptors (Lipinski definition) is 6. The molecule has 0 unspecified atom stereocenters. The van der Waals surface area contributed by atoms with E-state index in [1.54, 1.807) is 11.9 Å². The van der Waals surface area contributed by atoms with Gasteiger partial charge >= 0.3 is 5.97 Å². The van der Waals surface area contributed by atoms with Crippen LogP contribution in [0, 0.1) is 0 Å². The van der Waals surface area contributed by atoms with Gasteiger partial charge in [0.05, 0.1) is 20.2 Å². The first-order valence-corrected chi connectivity index (χ1v) is 4.72. The highest BCUT2D eigenvalue weighted by Gasteiger charge is 2.11. The molecule has 0 fully saturated rings. The summed E-state index contributed by atoms with van der Waals surface area (Å²) in [5, 5.41) is 3.76. The smallest absolute Gasteiger partial charge is 0.319 e. The quantitative estimate of drug-likeness (QED) is 0.652. The summed E-state index contributed by atoms with van der Waals surface area (Å²) in [5.74, 6) is 0.905. The zero-order chi connectivity index (χ0) is 11.3. The second-order valence-electron chi connectivity index (χ2n) is 3.21. The lowest BCUT2D eigenvalue weighted by Crippen LogP contribution is -2.26. The molecule has 0 aliphatic heterocycles. The van der Waals surface area contributed by atoms with Crippen molar-refractivity contribution >= 4 is 5.97 Å². The summed E-state index contributed by atoms with van der Waals surface area (Å²) in [6.45, 7) is 2.61. The van der Waals surface area contributed by atoms with Gasteiger partial charge in [-0.05, 0) is 7.05 Å². The Bertz CT molecular complexity index is 324. The molecule has 0 radical (unpaired) electrons.